The number of carbonyl (C=O) groups excluding carboxylic acids is 2. The number of ether oxygens (including phenoxy) is 1. The third kappa shape index (κ3) is 8.72. The number of rotatable bonds is 13. The van der Waals surface area contributed by atoms with Crippen molar-refractivity contribution in [3.05, 3.63) is 100 Å². The summed E-state index contributed by atoms with van der Waals surface area (Å²) in [5.74, 6) is 0.239. The number of nitrogens with one attached hydrogen (secondary N) is 2. The number of benzene rings is 2. The molecule has 1 aromatic heterocycles. The van der Waals surface area contributed by atoms with Gasteiger partial charge in [0.25, 0.3) is 11.8 Å². The zero-order valence-electron chi connectivity index (χ0n) is 24.9. The Bertz CT molecular complexity index is 1290. The van der Waals surface area contributed by atoms with E-state index in [2.05, 4.69) is 47.7 Å². The standard InChI is InChI=1S/C34H44N4O3/c1-24(2)30-17-27(21-36-22-30)20-35-13-12-31(18-26-9-6-5-7-10-26)37-33(39)28-15-25(3)16-29(19-28)34(40)38-14-8-11-32(38)23-41-4/h5-7,9-10,15-17,19,21-22,24,31-32,35H,8,11-14,18,20,23H2,1-4H3,(H,37,39)/t31-,32-/m1/s1. The molecule has 4 rings (SSSR count). The third-order valence-electron chi connectivity index (χ3n) is 7.73. The third-order valence-corrected chi connectivity index (χ3v) is 7.73. The van der Waals surface area contributed by atoms with Crippen molar-refractivity contribution in [3.8, 4) is 0 Å². The Morgan fingerprint density at radius 2 is 1.83 bits per heavy atom. The highest BCUT2D eigenvalue weighted by atomic mass is 16.5. The van der Waals surface area contributed by atoms with Crippen LogP contribution in [0.25, 0.3) is 0 Å². The number of pyridine rings is 1. The minimum Gasteiger partial charge on any atom is -0.383 e. The summed E-state index contributed by atoms with van der Waals surface area (Å²) in [6, 6.07) is 17.9. The van der Waals surface area contributed by atoms with E-state index < -0.39 is 0 Å². The van der Waals surface area contributed by atoms with Crippen molar-refractivity contribution < 1.29 is 14.3 Å². The number of aryl methyl sites for hydroxylation is 1. The number of nitrogens with zero attached hydrogens (tertiary/aromatic N) is 2. The quantitative estimate of drug-likeness (QED) is 0.280. The van der Waals surface area contributed by atoms with Crippen LogP contribution in [0.3, 0.4) is 0 Å². The summed E-state index contributed by atoms with van der Waals surface area (Å²) in [5, 5.41) is 6.78. The Morgan fingerprint density at radius 1 is 1.05 bits per heavy atom. The predicted molar refractivity (Wildman–Crippen MR) is 163 cm³/mol. The highest BCUT2D eigenvalue weighted by Gasteiger charge is 2.30. The van der Waals surface area contributed by atoms with Crippen LogP contribution < -0.4 is 10.6 Å². The zero-order chi connectivity index (χ0) is 29.2. The van der Waals surface area contributed by atoms with Gasteiger partial charge in [0, 0.05) is 49.8 Å². The molecule has 7 heteroatoms. The zero-order valence-corrected chi connectivity index (χ0v) is 24.9. The first kappa shape index (κ1) is 30.4. The largest absolute Gasteiger partial charge is 0.383 e. The van der Waals surface area contributed by atoms with Gasteiger partial charge in [0.2, 0.25) is 0 Å². The Balaban J connectivity index is 1.42. The van der Waals surface area contributed by atoms with Gasteiger partial charge in [0.05, 0.1) is 12.6 Å². The average Bonchev–Trinajstić information content (AvgIpc) is 3.43. The van der Waals surface area contributed by atoms with Crippen molar-refractivity contribution in [2.24, 2.45) is 0 Å². The Labute approximate surface area is 244 Å². The molecular weight excluding hydrogens is 512 g/mol. The molecule has 1 aliphatic heterocycles. The van der Waals surface area contributed by atoms with Crippen LogP contribution in [0.4, 0.5) is 0 Å². The van der Waals surface area contributed by atoms with Gasteiger partial charge < -0.3 is 20.3 Å². The van der Waals surface area contributed by atoms with Crippen LogP contribution in [0.2, 0.25) is 0 Å². The van der Waals surface area contributed by atoms with Crippen LogP contribution in [0, 0.1) is 6.92 Å². The lowest BCUT2D eigenvalue weighted by atomic mass is 10.0. The van der Waals surface area contributed by atoms with Crippen LogP contribution in [-0.4, -0.2) is 60.6 Å². The summed E-state index contributed by atoms with van der Waals surface area (Å²) in [6.07, 6.45) is 7.22. The topological polar surface area (TPSA) is 83.6 Å². The molecule has 0 bridgehead atoms. The molecule has 2 aromatic carbocycles. The number of likely N-dealkylation sites (tertiary alicyclic amines) is 1. The number of amides is 2. The molecule has 0 aliphatic carbocycles. The normalized spacial score (nSPS) is 15.7. The minimum atomic E-state index is -0.160. The van der Waals surface area contributed by atoms with E-state index in [4.69, 9.17) is 4.74 Å². The number of hydrogen-bond acceptors (Lipinski definition) is 5. The highest BCUT2D eigenvalue weighted by Crippen LogP contribution is 2.22. The molecule has 2 heterocycles. The van der Waals surface area contributed by atoms with Crippen molar-refractivity contribution in [3.63, 3.8) is 0 Å². The minimum absolute atomic E-state index is 0.0386. The molecule has 0 radical (unpaired) electrons. The molecule has 1 aliphatic rings. The monoisotopic (exact) mass is 556 g/mol. The first-order chi connectivity index (χ1) is 19.8. The smallest absolute Gasteiger partial charge is 0.254 e. The molecule has 7 nitrogen and oxygen atoms in total. The molecule has 2 N–H and O–H groups in total. The van der Waals surface area contributed by atoms with Crippen molar-refractivity contribution in [1.82, 2.24) is 20.5 Å². The lowest BCUT2D eigenvalue weighted by Gasteiger charge is -2.24. The van der Waals surface area contributed by atoms with Crippen LogP contribution >= 0.6 is 0 Å². The molecule has 218 valence electrons. The molecule has 2 atom stereocenters. The van der Waals surface area contributed by atoms with Crippen molar-refractivity contribution in [2.75, 3.05) is 26.8 Å². The van der Waals surface area contributed by atoms with E-state index >= 15 is 0 Å². The maximum Gasteiger partial charge on any atom is 0.254 e. The molecule has 1 fully saturated rings. The Morgan fingerprint density at radius 3 is 2.59 bits per heavy atom. The molecule has 0 spiro atoms. The van der Waals surface area contributed by atoms with Gasteiger partial charge in [-0.25, -0.2) is 0 Å². The second-order valence-corrected chi connectivity index (χ2v) is 11.4. The summed E-state index contributed by atoms with van der Waals surface area (Å²) >= 11 is 0. The maximum atomic E-state index is 13.5. The fourth-order valence-electron chi connectivity index (χ4n) is 5.49. The SMILES string of the molecule is COC[C@H]1CCCN1C(=O)c1cc(C)cc(C(=O)N[C@H](CCNCc2cncc(C(C)C)c2)Cc2ccccc2)c1. The second kappa shape index (κ2) is 14.9. The van der Waals surface area contributed by atoms with Crippen molar-refractivity contribution in [2.45, 2.75) is 71.0 Å². The van der Waals surface area contributed by atoms with Crippen LogP contribution in [0.1, 0.15) is 82.0 Å². The van der Waals surface area contributed by atoms with E-state index in [1.54, 1.807) is 13.2 Å². The van der Waals surface area contributed by atoms with Gasteiger partial charge in [-0.05, 0) is 85.5 Å². The number of carbonyl (C=O) groups is 2. The van der Waals surface area contributed by atoms with E-state index in [0.29, 0.717) is 30.2 Å². The summed E-state index contributed by atoms with van der Waals surface area (Å²) in [4.78, 5) is 33.2. The van der Waals surface area contributed by atoms with Crippen LogP contribution in [0.15, 0.2) is 67.0 Å². The van der Waals surface area contributed by atoms with E-state index in [9.17, 15) is 9.59 Å². The summed E-state index contributed by atoms with van der Waals surface area (Å²) in [5.41, 5.74) is 5.51. The first-order valence-corrected chi connectivity index (χ1v) is 14.7. The number of methoxy groups -OCH3 is 1. The predicted octanol–water partition coefficient (Wildman–Crippen LogP) is 5.29. The van der Waals surface area contributed by atoms with Gasteiger partial charge in [-0.15, -0.1) is 0 Å². The van der Waals surface area contributed by atoms with Gasteiger partial charge in [-0.1, -0.05) is 50.2 Å². The second-order valence-electron chi connectivity index (χ2n) is 11.4. The summed E-state index contributed by atoms with van der Waals surface area (Å²) in [7, 11) is 1.67. The van der Waals surface area contributed by atoms with Gasteiger partial charge in [-0.2, -0.15) is 0 Å². The molecule has 2 amide bonds. The van der Waals surface area contributed by atoms with Crippen LogP contribution in [-0.2, 0) is 17.7 Å². The van der Waals surface area contributed by atoms with Gasteiger partial charge >= 0.3 is 0 Å². The fourth-order valence-corrected chi connectivity index (χ4v) is 5.49. The van der Waals surface area contributed by atoms with Gasteiger partial charge in [0.15, 0.2) is 0 Å². The molecule has 0 saturated carbocycles. The lowest BCUT2D eigenvalue weighted by molar-refractivity contribution is 0.0630. The molecule has 0 unspecified atom stereocenters. The highest BCUT2D eigenvalue weighted by molar-refractivity contribution is 6.00. The average molecular weight is 557 g/mol. The molecular formula is C34H44N4O3. The van der Waals surface area contributed by atoms with Gasteiger partial charge in [-0.3, -0.25) is 14.6 Å². The summed E-state index contributed by atoms with van der Waals surface area (Å²) in [6.45, 7) is 8.98. The molecule has 1 saturated heterocycles. The van der Waals surface area contributed by atoms with E-state index in [-0.39, 0.29) is 23.9 Å². The lowest BCUT2D eigenvalue weighted by Crippen LogP contribution is -2.39. The summed E-state index contributed by atoms with van der Waals surface area (Å²) < 4.78 is 5.33. The van der Waals surface area contributed by atoms with Gasteiger partial charge in [0.1, 0.15) is 0 Å². The van der Waals surface area contributed by atoms with E-state index in [1.165, 1.54) is 11.1 Å². The van der Waals surface area contributed by atoms with E-state index in [0.717, 1.165) is 49.9 Å². The molecule has 3 aromatic rings. The maximum absolute atomic E-state index is 13.5. The fraction of sp³-hybridized carbons (Fsp3) is 0.441. The molecule has 41 heavy (non-hydrogen) atoms. The number of hydrogen-bond donors (Lipinski definition) is 2. The number of aromatic nitrogens is 1. The Kier molecular flexibility index (Phi) is 11.0. The van der Waals surface area contributed by atoms with Crippen LogP contribution in [0.5, 0.6) is 0 Å². The first-order valence-electron chi connectivity index (χ1n) is 14.7. The Hall–Kier alpha value is -3.55. The van der Waals surface area contributed by atoms with Crippen molar-refractivity contribution >= 4 is 11.8 Å². The van der Waals surface area contributed by atoms with Crippen molar-refractivity contribution in [1.29, 1.82) is 0 Å². The van der Waals surface area contributed by atoms with E-state index in [1.807, 2.05) is 54.5 Å².